The summed E-state index contributed by atoms with van der Waals surface area (Å²) in [5.74, 6) is 1.09. The van der Waals surface area contributed by atoms with Crippen molar-refractivity contribution in [1.82, 2.24) is 4.90 Å². The second-order valence-electron chi connectivity index (χ2n) is 4.69. The molecule has 1 aromatic rings. The average Bonchev–Trinajstić information content (AvgIpc) is 2.91. The number of nitrogens with zero attached hydrogens (tertiary/aromatic N) is 2. The highest BCUT2D eigenvalue weighted by Crippen LogP contribution is 2.32. The molecule has 0 radical (unpaired) electrons. The fourth-order valence-corrected chi connectivity index (χ4v) is 1.85. The minimum Gasteiger partial charge on any atom is -0.454 e. The molecule has 0 fully saturated rings. The van der Waals surface area contributed by atoms with Crippen LogP contribution in [0.5, 0.6) is 11.5 Å². The van der Waals surface area contributed by atoms with Gasteiger partial charge in [-0.05, 0) is 30.7 Å². The lowest BCUT2D eigenvalue weighted by atomic mass is 10.1. The summed E-state index contributed by atoms with van der Waals surface area (Å²) in [6.07, 6.45) is 3.21. The summed E-state index contributed by atoms with van der Waals surface area (Å²) in [5, 5.41) is 8.73. The summed E-state index contributed by atoms with van der Waals surface area (Å²) in [6.45, 7) is 2.43. The zero-order valence-electron chi connectivity index (χ0n) is 11.5. The van der Waals surface area contributed by atoms with Crippen LogP contribution in [0.4, 0.5) is 0 Å². The van der Waals surface area contributed by atoms with Crippen LogP contribution in [0.15, 0.2) is 24.3 Å². The number of carbonyl (C=O) groups is 1. The van der Waals surface area contributed by atoms with Gasteiger partial charge in [0.05, 0.1) is 12.0 Å². The smallest absolute Gasteiger partial charge is 0.246 e. The van der Waals surface area contributed by atoms with Crippen molar-refractivity contribution in [3.63, 3.8) is 0 Å². The van der Waals surface area contributed by atoms with Crippen molar-refractivity contribution in [2.75, 3.05) is 20.4 Å². The Bertz CT molecular complexity index is 575. The van der Waals surface area contributed by atoms with Crippen molar-refractivity contribution in [2.45, 2.75) is 6.92 Å². The van der Waals surface area contributed by atoms with Crippen molar-refractivity contribution in [1.29, 1.82) is 5.26 Å². The van der Waals surface area contributed by atoms with Crippen LogP contribution < -0.4 is 9.47 Å². The number of rotatable bonds is 4. The van der Waals surface area contributed by atoms with E-state index in [-0.39, 0.29) is 18.6 Å². The van der Waals surface area contributed by atoms with Gasteiger partial charge in [-0.1, -0.05) is 6.07 Å². The van der Waals surface area contributed by atoms with E-state index in [0.717, 1.165) is 5.56 Å². The van der Waals surface area contributed by atoms with Crippen molar-refractivity contribution >= 4 is 12.0 Å². The third-order valence-corrected chi connectivity index (χ3v) is 2.96. The van der Waals surface area contributed by atoms with Gasteiger partial charge in [-0.2, -0.15) is 5.26 Å². The quantitative estimate of drug-likeness (QED) is 0.787. The molecule has 1 amide bonds. The third-order valence-electron chi connectivity index (χ3n) is 2.96. The van der Waals surface area contributed by atoms with Crippen LogP contribution in [-0.4, -0.2) is 31.2 Å². The maximum atomic E-state index is 11.9. The van der Waals surface area contributed by atoms with E-state index in [0.29, 0.717) is 18.0 Å². The average molecular weight is 272 g/mol. The normalized spacial score (nSPS) is 14.1. The van der Waals surface area contributed by atoms with Gasteiger partial charge in [0, 0.05) is 19.7 Å². The van der Waals surface area contributed by atoms with Crippen LogP contribution in [0, 0.1) is 17.2 Å². The zero-order chi connectivity index (χ0) is 14.5. The lowest BCUT2D eigenvalue weighted by Crippen LogP contribution is -2.29. The van der Waals surface area contributed by atoms with Gasteiger partial charge in [0.1, 0.15) is 0 Å². The summed E-state index contributed by atoms with van der Waals surface area (Å²) < 4.78 is 10.5. The van der Waals surface area contributed by atoms with Gasteiger partial charge in [0.25, 0.3) is 0 Å². The fraction of sp³-hybridized carbons (Fsp3) is 0.333. The number of amides is 1. The standard InChI is InChI=1S/C15H16N2O3/c1-11(8-16)9-17(2)15(18)6-4-12-3-5-13-14(7-12)20-10-19-13/h3-7,11H,9-10H2,1-2H3. The van der Waals surface area contributed by atoms with E-state index in [4.69, 9.17) is 14.7 Å². The van der Waals surface area contributed by atoms with Crippen molar-refractivity contribution in [2.24, 2.45) is 5.92 Å². The van der Waals surface area contributed by atoms with E-state index in [9.17, 15) is 4.79 Å². The Hall–Kier alpha value is -2.48. The number of ether oxygens (including phenoxy) is 2. The monoisotopic (exact) mass is 272 g/mol. The predicted octanol–water partition coefficient (Wildman–Crippen LogP) is 2.05. The highest BCUT2D eigenvalue weighted by Gasteiger charge is 2.13. The molecule has 1 atom stereocenters. The molecule has 2 rings (SSSR count). The van der Waals surface area contributed by atoms with Gasteiger partial charge in [-0.15, -0.1) is 0 Å². The molecule has 5 nitrogen and oxygen atoms in total. The number of hydrogen-bond donors (Lipinski definition) is 0. The fourth-order valence-electron chi connectivity index (χ4n) is 1.85. The number of nitriles is 1. The summed E-state index contributed by atoms with van der Waals surface area (Å²) in [5.41, 5.74) is 0.865. The number of fused-ring (bicyclic) bond motifs is 1. The Morgan fingerprint density at radius 1 is 1.50 bits per heavy atom. The highest BCUT2D eigenvalue weighted by atomic mass is 16.7. The number of likely N-dealkylation sites (N-methyl/N-ethyl adjacent to an activating group) is 1. The largest absolute Gasteiger partial charge is 0.454 e. The molecule has 1 aliphatic heterocycles. The Labute approximate surface area is 118 Å². The first-order valence-electron chi connectivity index (χ1n) is 6.32. The van der Waals surface area contributed by atoms with Gasteiger partial charge in [0.2, 0.25) is 12.7 Å². The summed E-state index contributed by atoms with van der Waals surface area (Å²) in [4.78, 5) is 13.4. The number of benzene rings is 1. The molecule has 1 aromatic carbocycles. The van der Waals surface area contributed by atoms with E-state index in [1.54, 1.807) is 20.0 Å². The topological polar surface area (TPSA) is 62.6 Å². The number of carbonyl (C=O) groups excluding carboxylic acids is 1. The maximum absolute atomic E-state index is 11.9. The van der Waals surface area contributed by atoms with Gasteiger partial charge in [-0.3, -0.25) is 4.79 Å². The minimum absolute atomic E-state index is 0.134. The molecule has 104 valence electrons. The van der Waals surface area contributed by atoms with Crippen LogP contribution in [0.3, 0.4) is 0 Å². The van der Waals surface area contributed by atoms with Crippen molar-refractivity contribution in [3.8, 4) is 17.6 Å². The first-order chi connectivity index (χ1) is 9.60. The second-order valence-corrected chi connectivity index (χ2v) is 4.69. The molecule has 0 aliphatic carbocycles. The molecule has 0 spiro atoms. The van der Waals surface area contributed by atoms with E-state index in [1.165, 1.54) is 11.0 Å². The summed E-state index contributed by atoms with van der Waals surface area (Å²) >= 11 is 0. The molecule has 0 aromatic heterocycles. The molecule has 1 aliphatic rings. The Balaban J connectivity index is 1.99. The van der Waals surface area contributed by atoms with Crippen LogP contribution in [0.25, 0.3) is 6.08 Å². The van der Waals surface area contributed by atoms with Crippen LogP contribution in [0.2, 0.25) is 0 Å². The zero-order valence-corrected chi connectivity index (χ0v) is 11.5. The molecule has 0 saturated carbocycles. The molecule has 0 N–H and O–H groups in total. The molecule has 0 bridgehead atoms. The van der Waals surface area contributed by atoms with E-state index < -0.39 is 0 Å². The summed E-state index contributed by atoms with van der Waals surface area (Å²) in [6, 6.07) is 7.60. The second kappa shape index (κ2) is 6.11. The van der Waals surface area contributed by atoms with Gasteiger partial charge < -0.3 is 14.4 Å². The SMILES string of the molecule is CC(C#N)CN(C)C(=O)C=Cc1ccc2c(c1)OCO2. The third kappa shape index (κ3) is 3.29. The molecule has 5 heteroatoms. The van der Waals surface area contributed by atoms with Crippen LogP contribution in [-0.2, 0) is 4.79 Å². The Morgan fingerprint density at radius 3 is 3.00 bits per heavy atom. The van der Waals surface area contributed by atoms with E-state index >= 15 is 0 Å². The maximum Gasteiger partial charge on any atom is 0.246 e. The minimum atomic E-state index is -0.178. The molecule has 1 unspecified atom stereocenters. The van der Waals surface area contributed by atoms with Gasteiger partial charge in [-0.25, -0.2) is 0 Å². The summed E-state index contributed by atoms with van der Waals surface area (Å²) in [7, 11) is 1.68. The van der Waals surface area contributed by atoms with E-state index in [1.807, 2.05) is 18.2 Å². The van der Waals surface area contributed by atoms with E-state index in [2.05, 4.69) is 6.07 Å². The lowest BCUT2D eigenvalue weighted by molar-refractivity contribution is -0.125. The molecular formula is C15H16N2O3. The van der Waals surface area contributed by atoms with Crippen LogP contribution >= 0.6 is 0 Å². The molecular weight excluding hydrogens is 256 g/mol. The van der Waals surface area contributed by atoms with Crippen molar-refractivity contribution < 1.29 is 14.3 Å². The van der Waals surface area contributed by atoms with Gasteiger partial charge >= 0.3 is 0 Å². The first kappa shape index (κ1) is 13.9. The lowest BCUT2D eigenvalue weighted by Gasteiger charge is -2.15. The first-order valence-corrected chi connectivity index (χ1v) is 6.32. The molecule has 20 heavy (non-hydrogen) atoms. The van der Waals surface area contributed by atoms with Crippen molar-refractivity contribution in [3.05, 3.63) is 29.8 Å². The number of hydrogen-bond acceptors (Lipinski definition) is 4. The molecule has 0 saturated heterocycles. The predicted molar refractivity (Wildman–Crippen MR) is 74.0 cm³/mol. The highest BCUT2D eigenvalue weighted by molar-refractivity contribution is 5.91. The molecule has 1 heterocycles. The van der Waals surface area contributed by atoms with Crippen LogP contribution in [0.1, 0.15) is 12.5 Å². The van der Waals surface area contributed by atoms with Gasteiger partial charge in [0.15, 0.2) is 11.5 Å². The Kier molecular flexibility index (Phi) is 4.26. The Morgan fingerprint density at radius 2 is 2.25 bits per heavy atom.